The van der Waals surface area contributed by atoms with E-state index in [9.17, 15) is 9.59 Å². The molecule has 0 aliphatic carbocycles. The highest BCUT2D eigenvalue weighted by molar-refractivity contribution is 6.02. The number of fused-ring (bicyclic) bond motifs is 1. The van der Waals surface area contributed by atoms with Gasteiger partial charge in [-0.15, -0.1) is 0 Å². The zero-order valence-corrected chi connectivity index (χ0v) is 16.4. The van der Waals surface area contributed by atoms with Gasteiger partial charge in [-0.25, -0.2) is 0 Å². The number of H-pyrrole nitrogens is 1. The third-order valence-corrected chi connectivity index (χ3v) is 5.20. The Balaban J connectivity index is 1.40. The molecule has 1 aromatic heterocycles. The van der Waals surface area contributed by atoms with E-state index in [4.69, 9.17) is 0 Å². The van der Waals surface area contributed by atoms with Crippen molar-refractivity contribution < 1.29 is 4.79 Å². The molecule has 1 aliphatic rings. The molecule has 1 amide bonds. The fraction of sp³-hybridized carbons (Fsp3) is 0.217. The van der Waals surface area contributed by atoms with Crippen molar-refractivity contribution in [2.75, 3.05) is 43.4 Å². The van der Waals surface area contributed by atoms with Crippen molar-refractivity contribution >= 4 is 34.3 Å². The van der Waals surface area contributed by atoms with Crippen molar-refractivity contribution in [2.24, 2.45) is 0 Å². The molecule has 6 nitrogen and oxygen atoms in total. The van der Waals surface area contributed by atoms with Crippen LogP contribution < -0.4 is 15.8 Å². The number of pyridine rings is 1. The Bertz CT molecular complexity index is 1090. The van der Waals surface area contributed by atoms with Crippen LogP contribution in [0.1, 0.15) is 5.56 Å². The number of amides is 1. The molecule has 1 aliphatic heterocycles. The lowest BCUT2D eigenvalue weighted by molar-refractivity contribution is -0.111. The largest absolute Gasteiger partial charge is 0.369 e. The first kappa shape index (κ1) is 19.0. The lowest BCUT2D eigenvalue weighted by Crippen LogP contribution is -2.44. The maximum absolute atomic E-state index is 12.3. The molecular weight excluding hydrogens is 364 g/mol. The number of anilines is 2. The van der Waals surface area contributed by atoms with E-state index in [1.165, 1.54) is 6.08 Å². The molecule has 2 N–H and O–H groups in total. The van der Waals surface area contributed by atoms with Crippen LogP contribution in [0, 0.1) is 0 Å². The van der Waals surface area contributed by atoms with Crippen molar-refractivity contribution in [3.8, 4) is 0 Å². The highest BCUT2D eigenvalue weighted by Crippen LogP contribution is 2.19. The Labute approximate surface area is 169 Å². The normalized spacial score (nSPS) is 15.1. The minimum atomic E-state index is -0.273. The van der Waals surface area contributed by atoms with E-state index in [2.05, 4.69) is 27.1 Å². The average Bonchev–Trinajstić information content (AvgIpc) is 2.73. The smallest absolute Gasteiger partial charge is 0.255 e. The fourth-order valence-electron chi connectivity index (χ4n) is 3.46. The van der Waals surface area contributed by atoms with E-state index in [1.807, 2.05) is 48.5 Å². The van der Waals surface area contributed by atoms with Gasteiger partial charge in [0.2, 0.25) is 5.91 Å². The third-order valence-electron chi connectivity index (χ3n) is 5.20. The Morgan fingerprint density at radius 3 is 2.52 bits per heavy atom. The number of nitrogens with one attached hydrogen (secondary N) is 2. The number of rotatable bonds is 4. The van der Waals surface area contributed by atoms with Crippen molar-refractivity contribution in [1.82, 2.24) is 9.88 Å². The second kappa shape index (κ2) is 8.32. The summed E-state index contributed by atoms with van der Waals surface area (Å²) in [7, 11) is 2.13. The van der Waals surface area contributed by atoms with Gasteiger partial charge in [0.25, 0.3) is 5.56 Å². The summed E-state index contributed by atoms with van der Waals surface area (Å²) in [4.78, 5) is 31.9. The number of para-hydroxylation sites is 1. The molecule has 0 saturated carbocycles. The Kier molecular flexibility index (Phi) is 5.44. The summed E-state index contributed by atoms with van der Waals surface area (Å²) in [5, 5.41) is 3.76. The fourth-order valence-corrected chi connectivity index (χ4v) is 3.46. The predicted octanol–water partition coefficient (Wildman–Crippen LogP) is 2.93. The van der Waals surface area contributed by atoms with Crippen LogP contribution in [0.5, 0.6) is 0 Å². The highest BCUT2D eigenvalue weighted by Gasteiger charge is 2.14. The lowest BCUT2D eigenvalue weighted by atomic mass is 10.1. The number of aromatic nitrogens is 1. The summed E-state index contributed by atoms with van der Waals surface area (Å²) >= 11 is 0. The van der Waals surface area contributed by atoms with E-state index in [0.717, 1.165) is 48.5 Å². The molecule has 0 radical (unpaired) electrons. The summed E-state index contributed by atoms with van der Waals surface area (Å²) in [6.45, 7) is 4.12. The summed E-state index contributed by atoms with van der Waals surface area (Å²) < 4.78 is 0. The maximum atomic E-state index is 12.3. The van der Waals surface area contributed by atoms with Gasteiger partial charge in [-0.05, 0) is 54.9 Å². The molecule has 0 bridgehead atoms. The van der Waals surface area contributed by atoms with Gasteiger partial charge in [0, 0.05) is 54.7 Å². The number of nitrogens with zero attached hydrogens (tertiary/aromatic N) is 2. The number of hydrogen-bond donors (Lipinski definition) is 2. The number of carbonyl (C=O) groups is 1. The lowest BCUT2D eigenvalue weighted by Gasteiger charge is -2.34. The second-order valence-electron chi connectivity index (χ2n) is 7.30. The first-order valence-electron chi connectivity index (χ1n) is 9.73. The first-order valence-corrected chi connectivity index (χ1v) is 9.73. The molecule has 29 heavy (non-hydrogen) atoms. The van der Waals surface area contributed by atoms with Gasteiger partial charge in [0.15, 0.2) is 0 Å². The molecule has 0 atom stereocenters. The van der Waals surface area contributed by atoms with Crippen molar-refractivity contribution in [1.29, 1.82) is 0 Å². The van der Waals surface area contributed by atoms with Crippen molar-refractivity contribution in [2.45, 2.75) is 0 Å². The highest BCUT2D eigenvalue weighted by atomic mass is 16.1. The monoisotopic (exact) mass is 388 g/mol. The van der Waals surface area contributed by atoms with E-state index < -0.39 is 0 Å². The van der Waals surface area contributed by atoms with Gasteiger partial charge in [-0.1, -0.05) is 18.2 Å². The molecule has 3 aromatic rings. The number of benzene rings is 2. The van der Waals surface area contributed by atoms with Crippen LogP contribution in [-0.4, -0.2) is 49.0 Å². The number of likely N-dealkylation sites (N-methyl/N-ethyl adjacent to an activating group) is 1. The Morgan fingerprint density at radius 1 is 1.03 bits per heavy atom. The van der Waals surface area contributed by atoms with Gasteiger partial charge >= 0.3 is 0 Å². The van der Waals surface area contributed by atoms with Gasteiger partial charge in [0.1, 0.15) is 0 Å². The van der Waals surface area contributed by atoms with E-state index in [-0.39, 0.29) is 11.5 Å². The zero-order valence-electron chi connectivity index (χ0n) is 16.4. The third kappa shape index (κ3) is 4.55. The van der Waals surface area contributed by atoms with Gasteiger partial charge < -0.3 is 20.1 Å². The van der Waals surface area contributed by atoms with Crippen LogP contribution >= 0.6 is 0 Å². The molecule has 0 unspecified atom stereocenters. The van der Waals surface area contributed by atoms with Crippen LogP contribution in [0.4, 0.5) is 11.4 Å². The number of carbonyl (C=O) groups excluding carboxylic acids is 1. The van der Waals surface area contributed by atoms with Crippen LogP contribution in [0.15, 0.2) is 65.5 Å². The summed E-state index contributed by atoms with van der Waals surface area (Å²) in [5.74, 6) is -0.273. The molecular formula is C23H24N4O2. The molecule has 2 aromatic carbocycles. The van der Waals surface area contributed by atoms with Crippen molar-refractivity contribution in [3.63, 3.8) is 0 Å². The van der Waals surface area contributed by atoms with Gasteiger partial charge in [-0.2, -0.15) is 0 Å². The molecule has 148 valence electrons. The van der Waals surface area contributed by atoms with Crippen molar-refractivity contribution in [3.05, 3.63) is 76.6 Å². The Morgan fingerprint density at radius 2 is 1.76 bits per heavy atom. The maximum Gasteiger partial charge on any atom is 0.255 e. The standard InChI is InChI=1S/C23H24N4O2/c1-26-12-14-27(15-13-26)20-9-7-19(8-10-20)24-22(28)11-6-18-16-17-4-2-3-5-21(17)25-23(18)29/h2-11,16H,12-15H2,1H3,(H,24,28)(H,25,29)/b11-6+. The topological polar surface area (TPSA) is 68.4 Å². The van der Waals surface area contributed by atoms with Crippen LogP contribution in [0.2, 0.25) is 0 Å². The summed E-state index contributed by atoms with van der Waals surface area (Å²) in [6, 6.07) is 17.2. The predicted molar refractivity (Wildman–Crippen MR) is 118 cm³/mol. The van der Waals surface area contributed by atoms with E-state index in [0.29, 0.717) is 5.56 Å². The van der Waals surface area contributed by atoms with Crippen LogP contribution in [-0.2, 0) is 4.79 Å². The molecule has 2 heterocycles. The number of piperazine rings is 1. The average molecular weight is 388 g/mol. The quantitative estimate of drug-likeness (QED) is 0.675. The van der Waals surface area contributed by atoms with E-state index in [1.54, 1.807) is 12.1 Å². The molecule has 6 heteroatoms. The number of hydrogen-bond acceptors (Lipinski definition) is 4. The summed E-state index contributed by atoms with van der Waals surface area (Å²) in [6.07, 6.45) is 2.92. The molecule has 0 spiro atoms. The number of aromatic amines is 1. The summed E-state index contributed by atoms with van der Waals surface area (Å²) in [5.41, 5.74) is 2.90. The minimum Gasteiger partial charge on any atom is -0.369 e. The molecule has 1 fully saturated rings. The van der Waals surface area contributed by atoms with E-state index >= 15 is 0 Å². The second-order valence-corrected chi connectivity index (χ2v) is 7.30. The SMILES string of the molecule is CN1CCN(c2ccc(NC(=O)/C=C/c3cc4ccccc4[nH]c3=O)cc2)CC1. The zero-order chi connectivity index (χ0) is 20.2. The molecule has 1 saturated heterocycles. The van der Waals surface area contributed by atoms with Crippen LogP contribution in [0.25, 0.3) is 17.0 Å². The van der Waals surface area contributed by atoms with Gasteiger partial charge in [-0.3, -0.25) is 9.59 Å². The minimum absolute atomic E-state index is 0.218. The first-order chi connectivity index (χ1) is 14.1. The van der Waals surface area contributed by atoms with Crippen LogP contribution in [0.3, 0.4) is 0 Å². The Hall–Kier alpha value is -3.38. The molecule has 4 rings (SSSR count). The van der Waals surface area contributed by atoms with Gasteiger partial charge in [0.05, 0.1) is 0 Å².